The van der Waals surface area contributed by atoms with E-state index >= 15 is 0 Å². The molecule has 0 saturated heterocycles. The van der Waals surface area contributed by atoms with Crippen LogP contribution in [-0.2, 0) is 23.1 Å². The van der Waals surface area contributed by atoms with Crippen LogP contribution in [0.25, 0.3) is 0 Å². The number of halogens is 1. The minimum Gasteiger partial charge on any atom is -0.313 e. The zero-order valence-corrected chi connectivity index (χ0v) is 13.9. The maximum Gasteiger partial charge on any atom is 0.242 e. The van der Waals surface area contributed by atoms with Crippen LogP contribution in [0.1, 0.15) is 18.2 Å². The lowest BCUT2D eigenvalue weighted by atomic mass is 10.2. The smallest absolute Gasteiger partial charge is 0.242 e. The number of rotatable bonds is 7. The number of nitrogens with one attached hydrogen (secondary N) is 2. The molecule has 0 atom stereocenters. The third kappa shape index (κ3) is 4.49. The fraction of sp³-hybridized carbons (Fsp3) is 0.308. The molecule has 0 aliphatic rings. The van der Waals surface area contributed by atoms with Crippen molar-refractivity contribution in [1.29, 1.82) is 0 Å². The van der Waals surface area contributed by atoms with Gasteiger partial charge in [-0.05, 0) is 24.2 Å². The molecule has 1 heterocycles. The van der Waals surface area contributed by atoms with E-state index in [9.17, 15) is 8.42 Å². The molecule has 114 valence electrons. The van der Waals surface area contributed by atoms with Gasteiger partial charge in [-0.3, -0.25) is 0 Å². The van der Waals surface area contributed by atoms with Crippen molar-refractivity contribution in [1.82, 2.24) is 15.0 Å². The number of benzene rings is 1. The van der Waals surface area contributed by atoms with Crippen LogP contribution in [0.3, 0.4) is 0 Å². The quantitative estimate of drug-likeness (QED) is 0.808. The van der Waals surface area contributed by atoms with E-state index in [2.05, 4.69) is 15.0 Å². The van der Waals surface area contributed by atoms with Crippen LogP contribution in [0.2, 0.25) is 5.02 Å². The summed E-state index contributed by atoms with van der Waals surface area (Å²) in [7, 11) is -3.66. The average Bonchev–Trinajstić information content (AvgIpc) is 2.97. The van der Waals surface area contributed by atoms with Gasteiger partial charge in [0.15, 0.2) is 0 Å². The summed E-state index contributed by atoms with van der Waals surface area (Å²) in [5.41, 5.74) is 3.21. The lowest BCUT2D eigenvalue weighted by molar-refractivity contribution is 0.580. The molecule has 1 aromatic carbocycles. The first-order chi connectivity index (χ1) is 10.0. The first-order valence-corrected chi connectivity index (χ1v) is 9.19. The molecule has 0 bridgehead atoms. The van der Waals surface area contributed by atoms with E-state index in [-0.39, 0.29) is 16.5 Å². The third-order valence-electron chi connectivity index (χ3n) is 2.79. The molecule has 8 heteroatoms. The predicted octanol–water partition coefficient (Wildman–Crippen LogP) is 2.38. The number of thiazole rings is 1. The highest BCUT2D eigenvalue weighted by Gasteiger charge is 2.18. The Morgan fingerprint density at radius 3 is 2.81 bits per heavy atom. The predicted molar refractivity (Wildman–Crippen MR) is 85.0 cm³/mol. The molecule has 0 aliphatic heterocycles. The second-order valence-electron chi connectivity index (χ2n) is 4.35. The van der Waals surface area contributed by atoms with Gasteiger partial charge >= 0.3 is 0 Å². The summed E-state index contributed by atoms with van der Waals surface area (Å²) >= 11 is 7.44. The Balaban J connectivity index is 2.17. The molecule has 2 aromatic rings. The van der Waals surface area contributed by atoms with E-state index in [1.165, 1.54) is 11.3 Å². The highest BCUT2D eigenvalue weighted by molar-refractivity contribution is 7.89. The molecule has 0 unspecified atom stereocenters. The minimum atomic E-state index is -3.66. The highest BCUT2D eigenvalue weighted by atomic mass is 35.5. The zero-order valence-electron chi connectivity index (χ0n) is 11.5. The van der Waals surface area contributed by atoms with E-state index < -0.39 is 10.0 Å². The van der Waals surface area contributed by atoms with Crippen LogP contribution in [0, 0.1) is 0 Å². The molecule has 0 spiro atoms. The van der Waals surface area contributed by atoms with E-state index in [4.69, 9.17) is 11.6 Å². The average molecular weight is 346 g/mol. The number of hydrogen-bond donors (Lipinski definition) is 2. The third-order valence-corrected chi connectivity index (χ3v) is 5.31. The summed E-state index contributed by atoms with van der Waals surface area (Å²) in [5.74, 6) is 0. The lowest BCUT2D eigenvalue weighted by Crippen LogP contribution is -2.24. The van der Waals surface area contributed by atoms with Gasteiger partial charge in [0.2, 0.25) is 10.0 Å². The number of aromatic nitrogens is 1. The van der Waals surface area contributed by atoms with Crippen LogP contribution in [0.5, 0.6) is 0 Å². The lowest BCUT2D eigenvalue weighted by Gasteiger charge is -2.10. The van der Waals surface area contributed by atoms with E-state index in [0.717, 1.165) is 12.1 Å². The van der Waals surface area contributed by atoms with Crippen LogP contribution in [0.4, 0.5) is 0 Å². The molecule has 2 N–H and O–H groups in total. The Morgan fingerprint density at radius 1 is 1.33 bits per heavy atom. The van der Waals surface area contributed by atoms with Gasteiger partial charge in [0.1, 0.15) is 4.90 Å². The Labute approximate surface area is 133 Å². The molecule has 1 aromatic heterocycles. The van der Waals surface area contributed by atoms with E-state index in [1.54, 1.807) is 23.0 Å². The van der Waals surface area contributed by atoms with Gasteiger partial charge in [0, 0.05) is 11.9 Å². The van der Waals surface area contributed by atoms with Gasteiger partial charge in [0.25, 0.3) is 0 Å². The van der Waals surface area contributed by atoms with Crippen LogP contribution < -0.4 is 10.0 Å². The monoisotopic (exact) mass is 345 g/mol. The summed E-state index contributed by atoms with van der Waals surface area (Å²) in [6.07, 6.45) is 0. The van der Waals surface area contributed by atoms with E-state index in [0.29, 0.717) is 12.2 Å². The van der Waals surface area contributed by atoms with Crippen molar-refractivity contribution in [2.24, 2.45) is 0 Å². The van der Waals surface area contributed by atoms with Crippen molar-refractivity contribution in [2.45, 2.75) is 24.9 Å². The summed E-state index contributed by atoms with van der Waals surface area (Å²) in [6, 6.07) is 5.00. The Hall–Kier alpha value is -0.990. The second-order valence-corrected chi connectivity index (χ2v) is 7.21. The Kier molecular flexibility index (Phi) is 5.72. The number of hydrogen-bond acceptors (Lipinski definition) is 5. The van der Waals surface area contributed by atoms with Gasteiger partial charge in [-0.1, -0.05) is 24.6 Å². The van der Waals surface area contributed by atoms with Crippen molar-refractivity contribution in [3.05, 3.63) is 45.4 Å². The van der Waals surface area contributed by atoms with Crippen molar-refractivity contribution in [3.63, 3.8) is 0 Å². The summed E-state index contributed by atoms with van der Waals surface area (Å²) in [5, 5.41) is 5.16. The standard InChI is InChI=1S/C13H16ClN3O2S2/c1-2-15-6-10-3-4-12(14)13(5-10)21(18,19)17-7-11-8-20-9-16-11/h3-5,8-9,15,17H,2,6-7H2,1H3. The zero-order chi connectivity index (χ0) is 15.3. The van der Waals surface area contributed by atoms with Crippen molar-refractivity contribution in [2.75, 3.05) is 6.54 Å². The molecular formula is C13H16ClN3O2S2. The Morgan fingerprint density at radius 2 is 2.14 bits per heavy atom. The molecule has 0 saturated carbocycles. The summed E-state index contributed by atoms with van der Waals surface area (Å²) in [4.78, 5) is 4.13. The van der Waals surface area contributed by atoms with Gasteiger partial charge in [0.05, 0.1) is 22.8 Å². The molecule has 21 heavy (non-hydrogen) atoms. The molecular weight excluding hydrogens is 330 g/mol. The molecule has 0 fully saturated rings. The topological polar surface area (TPSA) is 71.1 Å². The fourth-order valence-corrected chi connectivity index (χ4v) is 3.81. The molecule has 5 nitrogen and oxygen atoms in total. The summed E-state index contributed by atoms with van der Waals surface area (Å²) in [6.45, 7) is 3.55. The first kappa shape index (κ1) is 16.4. The molecule has 2 rings (SSSR count). The van der Waals surface area contributed by atoms with Gasteiger partial charge in [-0.2, -0.15) is 0 Å². The normalized spacial score (nSPS) is 11.7. The van der Waals surface area contributed by atoms with E-state index in [1.807, 2.05) is 13.0 Å². The number of nitrogens with zero attached hydrogens (tertiary/aromatic N) is 1. The highest BCUT2D eigenvalue weighted by Crippen LogP contribution is 2.22. The second kappa shape index (κ2) is 7.33. The van der Waals surface area contributed by atoms with Crippen LogP contribution in [-0.4, -0.2) is 19.9 Å². The maximum atomic E-state index is 12.3. The van der Waals surface area contributed by atoms with Crippen molar-refractivity contribution in [3.8, 4) is 0 Å². The van der Waals surface area contributed by atoms with Gasteiger partial charge in [-0.25, -0.2) is 18.1 Å². The van der Waals surface area contributed by atoms with Crippen LogP contribution in [0.15, 0.2) is 34.0 Å². The SMILES string of the molecule is CCNCc1ccc(Cl)c(S(=O)(=O)NCc2cscn2)c1. The Bertz CT molecular complexity index is 687. The van der Waals surface area contributed by atoms with Crippen molar-refractivity contribution < 1.29 is 8.42 Å². The molecule has 0 radical (unpaired) electrons. The fourth-order valence-electron chi connectivity index (χ4n) is 1.70. The van der Waals surface area contributed by atoms with Gasteiger partial charge in [-0.15, -0.1) is 11.3 Å². The largest absolute Gasteiger partial charge is 0.313 e. The van der Waals surface area contributed by atoms with Gasteiger partial charge < -0.3 is 5.32 Å². The minimum absolute atomic E-state index is 0.0924. The maximum absolute atomic E-state index is 12.3. The first-order valence-electron chi connectivity index (χ1n) is 6.39. The molecule has 0 amide bonds. The molecule has 0 aliphatic carbocycles. The van der Waals surface area contributed by atoms with Crippen LogP contribution >= 0.6 is 22.9 Å². The van der Waals surface area contributed by atoms with Crippen molar-refractivity contribution >= 4 is 33.0 Å². The number of sulfonamides is 1. The summed E-state index contributed by atoms with van der Waals surface area (Å²) < 4.78 is 27.2.